The highest BCUT2D eigenvalue weighted by atomic mass is 79.9. The molecule has 3 aromatic carbocycles. The first-order chi connectivity index (χ1) is 15.1. The molecule has 0 N–H and O–H groups in total. The first kappa shape index (κ1) is 23.5. The van der Waals surface area contributed by atoms with Crippen molar-refractivity contribution in [2.24, 2.45) is 0 Å². The number of benzene rings is 3. The van der Waals surface area contributed by atoms with E-state index in [4.69, 9.17) is 4.74 Å². The summed E-state index contributed by atoms with van der Waals surface area (Å²) in [5, 5.41) is 21.0. The van der Waals surface area contributed by atoms with E-state index in [9.17, 15) is 28.5 Å². The lowest BCUT2D eigenvalue weighted by Gasteiger charge is -2.14. The molecule has 0 fully saturated rings. The quantitative estimate of drug-likeness (QED) is 0.135. The molecule has 0 bridgehead atoms. The lowest BCUT2D eigenvalue weighted by Crippen LogP contribution is -2.06. The van der Waals surface area contributed by atoms with E-state index >= 15 is 0 Å². The van der Waals surface area contributed by atoms with Gasteiger partial charge in [0.1, 0.15) is 5.75 Å². The van der Waals surface area contributed by atoms with Gasteiger partial charge in [-0.15, -0.1) is 0 Å². The van der Waals surface area contributed by atoms with E-state index in [0.29, 0.717) is 37.8 Å². The van der Waals surface area contributed by atoms with Crippen molar-refractivity contribution in [3.8, 4) is 17.6 Å². The number of nitriles is 1. The molecule has 0 radical (unpaired) electrons. The minimum absolute atomic E-state index is 0.0970. The lowest BCUT2D eigenvalue weighted by molar-refractivity contribution is -0.385. The minimum Gasteiger partial charge on any atom is -0.448 e. The van der Waals surface area contributed by atoms with Crippen molar-refractivity contribution in [3.63, 3.8) is 0 Å². The molecule has 0 amide bonds. The lowest BCUT2D eigenvalue weighted by atomic mass is 10.0. The predicted molar refractivity (Wildman–Crippen MR) is 120 cm³/mol. The van der Waals surface area contributed by atoms with Crippen LogP contribution in [-0.4, -0.2) is 4.92 Å². The fraction of sp³-hybridized carbons (Fsp3) is 0.0455. The number of rotatable bonds is 5. The second kappa shape index (κ2) is 9.54. The fourth-order valence-electron chi connectivity index (χ4n) is 2.78. The van der Waals surface area contributed by atoms with Crippen molar-refractivity contribution in [2.45, 2.75) is 6.18 Å². The zero-order valence-corrected chi connectivity index (χ0v) is 19.0. The Kier molecular flexibility index (Phi) is 7.01. The normalized spacial score (nSPS) is 11.7. The average Bonchev–Trinajstić information content (AvgIpc) is 2.74. The molecule has 3 rings (SSSR count). The highest BCUT2D eigenvalue weighted by Crippen LogP contribution is 2.42. The third-order valence-electron chi connectivity index (χ3n) is 4.24. The van der Waals surface area contributed by atoms with Gasteiger partial charge < -0.3 is 4.74 Å². The number of alkyl halides is 3. The van der Waals surface area contributed by atoms with E-state index in [1.165, 1.54) is 6.08 Å². The van der Waals surface area contributed by atoms with Crippen molar-refractivity contribution < 1.29 is 22.8 Å². The van der Waals surface area contributed by atoms with Crippen LogP contribution in [0.5, 0.6) is 11.5 Å². The Bertz CT molecular complexity index is 1250. The second-order valence-corrected chi connectivity index (χ2v) is 8.15. The summed E-state index contributed by atoms with van der Waals surface area (Å²) in [4.78, 5) is 10.5. The van der Waals surface area contributed by atoms with E-state index in [1.807, 2.05) is 0 Å². The number of halogens is 5. The van der Waals surface area contributed by atoms with Crippen LogP contribution in [-0.2, 0) is 6.18 Å². The second-order valence-electron chi connectivity index (χ2n) is 6.38. The molecule has 0 saturated heterocycles. The van der Waals surface area contributed by atoms with Gasteiger partial charge >= 0.3 is 11.9 Å². The van der Waals surface area contributed by atoms with Crippen LogP contribution in [0.15, 0.2) is 69.6 Å². The van der Waals surface area contributed by atoms with Crippen LogP contribution in [0.2, 0.25) is 0 Å². The van der Waals surface area contributed by atoms with Crippen molar-refractivity contribution in [1.82, 2.24) is 0 Å². The summed E-state index contributed by atoms with van der Waals surface area (Å²) in [5.41, 5.74) is -0.698. The molecule has 162 valence electrons. The third-order valence-corrected chi connectivity index (χ3v) is 5.28. The summed E-state index contributed by atoms with van der Waals surface area (Å²) in [7, 11) is 0. The van der Waals surface area contributed by atoms with Gasteiger partial charge in [-0.2, -0.15) is 18.4 Å². The van der Waals surface area contributed by atoms with Gasteiger partial charge in [0.2, 0.25) is 5.75 Å². The van der Waals surface area contributed by atoms with Crippen LogP contribution >= 0.6 is 31.9 Å². The summed E-state index contributed by atoms with van der Waals surface area (Å²) in [6, 6.07) is 16.1. The van der Waals surface area contributed by atoms with E-state index in [-0.39, 0.29) is 11.5 Å². The van der Waals surface area contributed by atoms with Gasteiger partial charge in [0.15, 0.2) is 0 Å². The smallest absolute Gasteiger partial charge is 0.416 e. The van der Waals surface area contributed by atoms with Crippen LogP contribution in [0.1, 0.15) is 16.7 Å². The first-order valence-corrected chi connectivity index (χ1v) is 10.4. The molecule has 0 aliphatic heterocycles. The molecule has 0 unspecified atom stereocenters. The summed E-state index contributed by atoms with van der Waals surface area (Å²) in [6.07, 6.45) is -3.22. The number of ether oxygens (including phenoxy) is 1. The molecular weight excluding hydrogens is 557 g/mol. The SMILES string of the molecule is N#C/C(=C\c1cc(Br)cc(Br)c1Oc1ccc(C(F)(F)F)cc1[N+](=O)[O-])c1ccccc1. The molecule has 0 aliphatic rings. The van der Waals surface area contributed by atoms with E-state index in [2.05, 4.69) is 37.9 Å². The van der Waals surface area contributed by atoms with Gasteiger partial charge in [0, 0.05) is 16.1 Å². The zero-order chi connectivity index (χ0) is 23.5. The van der Waals surface area contributed by atoms with Crippen LogP contribution in [0.3, 0.4) is 0 Å². The third kappa shape index (κ3) is 5.36. The van der Waals surface area contributed by atoms with E-state index < -0.39 is 22.4 Å². The van der Waals surface area contributed by atoms with Crippen molar-refractivity contribution in [3.05, 3.63) is 96.4 Å². The Hall–Kier alpha value is -3.16. The van der Waals surface area contributed by atoms with Crippen LogP contribution in [0.25, 0.3) is 11.6 Å². The maximum atomic E-state index is 13.0. The summed E-state index contributed by atoms with van der Waals surface area (Å²) in [5.74, 6) is -0.279. The largest absolute Gasteiger partial charge is 0.448 e. The Morgan fingerprint density at radius 1 is 1.09 bits per heavy atom. The topological polar surface area (TPSA) is 76.2 Å². The van der Waals surface area contributed by atoms with Crippen molar-refractivity contribution in [1.29, 1.82) is 5.26 Å². The Labute approximate surface area is 197 Å². The number of nitro groups is 1. The number of allylic oxidation sites excluding steroid dienone is 1. The molecule has 5 nitrogen and oxygen atoms in total. The number of nitrogens with zero attached hydrogens (tertiary/aromatic N) is 2. The molecular formula is C22H11Br2F3N2O3. The van der Waals surface area contributed by atoms with Gasteiger partial charge in [0.05, 0.1) is 26.6 Å². The Balaban J connectivity index is 2.14. The zero-order valence-electron chi connectivity index (χ0n) is 15.9. The molecule has 0 spiro atoms. The number of hydrogen-bond donors (Lipinski definition) is 0. The average molecular weight is 568 g/mol. The van der Waals surface area contributed by atoms with Crippen molar-refractivity contribution in [2.75, 3.05) is 0 Å². The summed E-state index contributed by atoms with van der Waals surface area (Å²) >= 11 is 6.65. The highest BCUT2D eigenvalue weighted by molar-refractivity contribution is 9.11. The highest BCUT2D eigenvalue weighted by Gasteiger charge is 2.33. The monoisotopic (exact) mass is 566 g/mol. The van der Waals surface area contributed by atoms with Gasteiger partial charge in [-0.25, -0.2) is 0 Å². The summed E-state index contributed by atoms with van der Waals surface area (Å²) in [6.45, 7) is 0. The van der Waals surface area contributed by atoms with E-state index in [0.717, 1.165) is 6.07 Å². The maximum absolute atomic E-state index is 13.0. The molecule has 3 aromatic rings. The molecule has 10 heteroatoms. The summed E-state index contributed by atoms with van der Waals surface area (Å²) < 4.78 is 45.7. The molecule has 0 heterocycles. The van der Waals surface area contributed by atoms with Gasteiger partial charge in [-0.05, 0) is 51.8 Å². The van der Waals surface area contributed by atoms with E-state index in [1.54, 1.807) is 42.5 Å². The maximum Gasteiger partial charge on any atom is 0.416 e. The van der Waals surface area contributed by atoms with Gasteiger partial charge in [-0.1, -0.05) is 46.3 Å². The van der Waals surface area contributed by atoms with Crippen LogP contribution in [0, 0.1) is 21.4 Å². The molecule has 0 aromatic heterocycles. The fourth-order valence-corrected chi connectivity index (χ4v) is 4.12. The van der Waals surface area contributed by atoms with Gasteiger partial charge in [-0.3, -0.25) is 10.1 Å². The number of hydrogen-bond acceptors (Lipinski definition) is 4. The molecule has 32 heavy (non-hydrogen) atoms. The molecule has 0 atom stereocenters. The Morgan fingerprint density at radius 3 is 2.38 bits per heavy atom. The predicted octanol–water partition coefficient (Wildman–Crippen LogP) is 8.00. The Morgan fingerprint density at radius 2 is 1.78 bits per heavy atom. The van der Waals surface area contributed by atoms with Crippen molar-refractivity contribution >= 4 is 49.2 Å². The molecule has 0 saturated carbocycles. The number of nitro benzene ring substituents is 1. The van der Waals surface area contributed by atoms with Crippen LogP contribution < -0.4 is 4.74 Å². The minimum atomic E-state index is -4.74. The standard InChI is InChI=1S/C22H11Br2F3N2O3/c23-17-9-14(8-15(12-28)13-4-2-1-3-5-13)21(18(24)11-17)32-20-7-6-16(22(25,26)27)10-19(20)29(30)31/h1-11H/b15-8+. The first-order valence-electron chi connectivity index (χ1n) is 8.80. The molecule has 0 aliphatic carbocycles. The van der Waals surface area contributed by atoms with Gasteiger partial charge in [0.25, 0.3) is 0 Å². The van der Waals surface area contributed by atoms with Crippen LogP contribution in [0.4, 0.5) is 18.9 Å².